The molecule has 19 heavy (non-hydrogen) atoms. The number of hydrogen-bond donors (Lipinski definition) is 0. The van der Waals surface area contributed by atoms with E-state index in [-0.39, 0.29) is 0 Å². The Labute approximate surface area is 124 Å². The van der Waals surface area contributed by atoms with Crippen LogP contribution in [0.15, 0.2) is 0 Å². The lowest BCUT2D eigenvalue weighted by Gasteiger charge is -2.26. The van der Waals surface area contributed by atoms with Crippen LogP contribution in [0.5, 0.6) is 0 Å². The maximum atomic E-state index is 12.2. The van der Waals surface area contributed by atoms with Crippen LogP contribution < -0.4 is 0 Å². The Morgan fingerprint density at radius 3 is 2.37 bits per heavy atom. The highest BCUT2D eigenvalue weighted by molar-refractivity contribution is 6.17. The molecule has 0 saturated heterocycles. The Kier molecular flexibility index (Phi) is 12.6. The molecule has 114 valence electrons. The van der Waals surface area contributed by atoms with Gasteiger partial charge < -0.3 is 4.90 Å². The lowest BCUT2D eigenvalue weighted by molar-refractivity contribution is -0.131. The van der Waals surface area contributed by atoms with Crippen molar-refractivity contribution in [1.82, 2.24) is 4.90 Å². The SMILES string of the molecule is CCCCC(CC)CN(CC)C(=O)CCCCCCl. The zero-order chi connectivity index (χ0) is 14.5. The first-order chi connectivity index (χ1) is 9.19. The number of rotatable bonds is 12. The van der Waals surface area contributed by atoms with E-state index >= 15 is 0 Å². The van der Waals surface area contributed by atoms with E-state index in [1.807, 2.05) is 4.90 Å². The predicted octanol–water partition coefficient (Wildman–Crippen LogP) is 4.85. The van der Waals surface area contributed by atoms with Gasteiger partial charge in [0.25, 0.3) is 0 Å². The minimum absolute atomic E-state index is 0.326. The van der Waals surface area contributed by atoms with E-state index in [9.17, 15) is 4.79 Å². The standard InChI is InChI=1S/C16H32ClNO/c1-4-7-11-15(5-2)14-18(6-3)16(19)12-9-8-10-13-17/h15H,4-14H2,1-3H3. The van der Waals surface area contributed by atoms with Crippen LogP contribution in [0.3, 0.4) is 0 Å². The smallest absolute Gasteiger partial charge is 0.222 e. The van der Waals surface area contributed by atoms with Crippen molar-refractivity contribution in [2.24, 2.45) is 5.92 Å². The predicted molar refractivity (Wildman–Crippen MR) is 84.7 cm³/mol. The third kappa shape index (κ3) is 9.32. The Hall–Kier alpha value is -0.240. The molecule has 0 aliphatic rings. The molecular formula is C16H32ClNO. The molecule has 1 amide bonds. The second-order valence-corrected chi connectivity index (χ2v) is 5.73. The Morgan fingerprint density at radius 2 is 1.84 bits per heavy atom. The van der Waals surface area contributed by atoms with Gasteiger partial charge in [0.15, 0.2) is 0 Å². The molecule has 0 aliphatic carbocycles. The van der Waals surface area contributed by atoms with E-state index in [1.54, 1.807) is 0 Å². The van der Waals surface area contributed by atoms with E-state index in [2.05, 4.69) is 20.8 Å². The molecular weight excluding hydrogens is 258 g/mol. The normalized spacial score (nSPS) is 12.4. The van der Waals surface area contributed by atoms with Gasteiger partial charge in [-0.2, -0.15) is 0 Å². The van der Waals surface area contributed by atoms with Crippen LogP contribution in [0.1, 0.15) is 72.1 Å². The zero-order valence-corrected chi connectivity index (χ0v) is 13.8. The second kappa shape index (κ2) is 12.8. The molecule has 0 aromatic carbocycles. The van der Waals surface area contributed by atoms with E-state index in [4.69, 9.17) is 11.6 Å². The number of alkyl halides is 1. The minimum atomic E-state index is 0.326. The Bertz CT molecular complexity index is 221. The molecule has 0 fully saturated rings. The van der Waals surface area contributed by atoms with Crippen molar-refractivity contribution in [2.45, 2.75) is 72.1 Å². The summed E-state index contributed by atoms with van der Waals surface area (Å²) in [5.74, 6) is 1.71. The van der Waals surface area contributed by atoms with Crippen LogP contribution in [0.4, 0.5) is 0 Å². The quantitative estimate of drug-likeness (QED) is 0.371. The highest BCUT2D eigenvalue weighted by atomic mass is 35.5. The van der Waals surface area contributed by atoms with Crippen LogP contribution in [0, 0.1) is 5.92 Å². The van der Waals surface area contributed by atoms with Crippen molar-refractivity contribution < 1.29 is 4.79 Å². The molecule has 3 heteroatoms. The average molecular weight is 290 g/mol. The van der Waals surface area contributed by atoms with Gasteiger partial charge in [-0.1, -0.05) is 39.5 Å². The summed E-state index contributed by atoms with van der Waals surface area (Å²) in [5, 5.41) is 0. The number of nitrogens with zero attached hydrogens (tertiary/aromatic N) is 1. The van der Waals surface area contributed by atoms with Crippen LogP contribution >= 0.6 is 11.6 Å². The van der Waals surface area contributed by atoms with Gasteiger partial charge in [-0.3, -0.25) is 4.79 Å². The van der Waals surface area contributed by atoms with E-state index in [0.717, 1.165) is 32.4 Å². The highest BCUT2D eigenvalue weighted by Gasteiger charge is 2.15. The van der Waals surface area contributed by atoms with Crippen molar-refractivity contribution in [3.8, 4) is 0 Å². The number of carbonyl (C=O) groups is 1. The minimum Gasteiger partial charge on any atom is -0.343 e. The largest absolute Gasteiger partial charge is 0.343 e. The van der Waals surface area contributed by atoms with E-state index < -0.39 is 0 Å². The van der Waals surface area contributed by atoms with Crippen LogP contribution in [-0.4, -0.2) is 29.8 Å². The van der Waals surface area contributed by atoms with Gasteiger partial charge in [-0.15, -0.1) is 11.6 Å². The lowest BCUT2D eigenvalue weighted by atomic mass is 9.98. The summed E-state index contributed by atoms with van der Waals surface area (Å²) < 4.78 is 0. The fourth-order valence-corrected chi connectivity index (χ4v) is 2.53. The van der Waals surface area contributed by atoms with Gasteiger partial charge in [-0.25, -0.2) is 0 Å². The molecule has 0 saturated carbocycles. The first-order valence-corrected chi connectivity index (χ1v) is 8.56. The number of carbonyl (C=O) groups excluding carboxylic acids is 1. The third-order valence-electron chi connectivity index (χ3n) is 3.78. The second-order valence-electron chi connectivity index (χ2n) is 5.35. The summed E-state index contributed by atoms with van der Waals surface area (Å²) >= 11 is 5.65. The summed E-state index contributed by atoms with van der Waals surface area (Å²) in [6.07, 6.45) is 8.71. The first-order valence-electron chi connectivity index (χ1n) is 8.03. The van der Waals surface area contributed by atoms with Gasteiger partial charge in [0.2, 0.25) is 5.91 Å². The molecule has 0 bridgehead atoms. The van der Waals surface area contributed by atoms with Crippen LogP contribution in [0.25, 0.3) is 0 Å². The molecule has 0 spiro atoms. The Balaban J connectivity index is 4.04. The number of hydrogen-bond acceptors (Lipinski definition) is 1. The topological polar surface area (TPSA) is 20.3 Å². The fourth-order valence-electron chi connectivity index (χ4n) is 2.34. The van der Waals surface area contributed by atoms with Gasteiger partial charge in [0.1, 0.15) is 0 Å². The number of amides is 1. The van der Waals surface area contributed by atoms with Crippen LogP contribution in [-0.2, 0) is 4.79 Å². The first kappa shape index (κ1) is 18.8. The molecule has 0 aromatic rings. The van der Waals surface area contributed by atoms with Gasteiger partial charge in [-0.05, 0) is 32.1 Å². The maximum absolute atomic E-state index is 12.2. The Morgan fingerprint density at radius 1 is 1.11 bits per heavy atom. The van der Waals surface area contributed by atoms with Crippen molar-refractivity contribution in [3.05, 3.63) is 0 Å². The monoisotopic (exact) mass is 289 g/mol. The summed E-state index contributed by atoms with van der Waals surface area (Å²) in [4.78, 5) is 14.2. The van der Waals surface area contributed by atoms with E-state index in [1.165, 1.54) is 25.7 Å². The van der Waals surface area contributed by atoms with Crippen molar-refractivity contribution >= 4 is 17.5 Å². The lowest BCUT2D eigenvalue weighted by Crippen LogP contribution is -2.35. The maximum Gasteiger partial charge on any atom is 0.222 e. The molecule has 0 N–H and O–H groups in total. The fraction of sp³-hybridized carbons (Fsp3) is 0.938. The van der Waals surface area contributed by atoms with Crippen molar-refractivity contribution in [1.29, 1.82) is 0 Å². The third-order valence-corrected chi connectivity index (χ3v) is 4.05. The molecule has 1 atom stereocenters. The van der Waals surface area contributed by atoms with Crippen molar-refractivity contribution in [2.75, 3.05) is 19.0 Å². The average Bonchev–Trinajstić information content (AvgIpc) is 2.43. The summed E-state index contributed by atoms with van der Waals surface area (Å²) in [6.45, 7) is 8.34. The zero-order valence-electron chi connectivity index (χ0n) is 13.1. The molecule has 2 nitrogen and oxygen atoms in total. The van der Waals surface area contributed by atoms with Gasteiger partial charge in [0, 0.05) is 25.4 Å². The molecule has 0 aliphatic heterocycles. The summed E-state index contributed by atoms with van der Waals surface area (Å²) in [7, 11) is 0. The van der Waals surface area contributed by atoms with Crippen LogP contribution in [0.2, 0.25) is 0 Å². The number of unbranched alkanes of at least 4 members (excludes halogenated alkanes) is 3. The van der Waals surface area contributed by atoms with Crippen molar-refractivity contribution in [3.63, 3.8) is 0 Å². The van der Waals surface area contributed by atoms with Gasteiger partial charge in [0.05, 0.1) is 0 Å². The molecule has 0 heterocycles. The van der Waals surface area contributed by atoms with Gasteiger partial charge >= 0.3 is 0 Å². The highest BCUT2D eigenvalue weighted by Crippen LogP contribution is 2.15. The molecule has 0 rings (SSSR count). The summed E-state index contributed by atoms with van der Waals surface area (Å²) in [6, 6.07) is 0. The summed E-state index contributed by atoms with van der Waals surface area (Å²) in [5.41, 5.74) is 0. The van der Waals surface area contributed by atoms with E-state index in [0.29, 0.717) is 24.1 Å². The number of halogens is 1. The molecule has 0 radical (unpaired) electrons. The molecule has 1 unspecified atom stereocenters. The molecule has 0 aromatic heterocycles.